The molecule has 2 aromatic carbocycles. The van der Waals surface area contributed by atoms with Gasteiger partial charge in [-0.2, -0.15) is 4.98 Å². The maximum Gasteiger partial charge on any atom is 0.282 e. The molecule has 0 bridgehead atoms. The van der Waals surface area contributed by atoms with Crippen LogP contribution in [0, 0.1) is 0 Å². The Bertz CT molecular complexity index is 937. The average molecular weight is 420 g/mol. The van der Waals surface area contributed by atoms with E-state index in [1.54, 1.807) is 18.2 Å². The van der Waals surface area contributed by atoms with Gasteiger partial charge in [-0.25, -0.2) is 0 Å². The summed E-state index contributed by atoms with van der Waals surface area (Å²) in [6.45, 7) is 2.73. The Kier molecular flexibility index (Phi) is 6.67. The van der Waals surface area contributed by atoms with Crippen LogP contribution < -0.4 is 10.2 Å². The van der Waals surface area contributed by atoms with Gasteiger partial charge in [0.1, 0.15) is 0 Å². The van der Waals surface area contributed by atoms with Crippen LogP contribution in [0.2, 0.25) is 10.0 Å². The van der Waals surface area contributed by atoms with Crippen molar-refractivity contribution < 1.29 is 14.2 Å². The Balaban J connectivity index is 1.58. The number of carbonyl (C=O) groups is 1. The highest BCUT2D eigenvalue weighted by Gasteiger charge is 2.17. The molecule has 1 aromatic heterocycles. The van der Waals surface area contributed by atoms with E-state index < -0.39 is 0 Å². The van der Waals surface area contributed by atoms with Crippen LogP contribution in [0.5, 0.6) is 0 Å². The number of benzene rings is 2. The fourth-order valence-corrected chi connectivity index (χ4v) is 3.22. The van der Waals surface area contributed by atoms with E-state index in [1.165, 1.54) is 5.56 Å². The third-order valence-electron chi connectivity index (χ3n) is 4.23. The number of aromatic nitrogens is 2. The predicted molar refractivity (Wildman–Crippen MR) is 110 cm³/mol. The second kappa shape index (κ2) is 9.19. The zero-order chi connectivity index (χ0) is 20.1. The Labute approximate surface area is 173 Å². The fourth-order valence-electron chi connectivity index (χ4n) is 2.73. The summed E-state index contributed by atoms with van der Waals surface area (Å²) in [4.78, 5) is 17.6. The van der Waals surface area contributed by atoms with E-state index in [2.05, 4.69) is 22.4 Å². The third kappa shape index (κ3) is 5.10. The Morgan fingerprint density at radius 3 is 2.46 bits per heavy atom. The highest BCUT2D eigenvalue weighted by molar-refractivity contribution is 6.39. The van der Waals surface area contributed by atoms with Gasteiger partial charge in [0.05, 0.1) is 22.8 Å². The normalized spacial score (nSPS) is 12.0. The number of para-hydroxylation sites is 1. The molecule has 1 unspecified atom stereocenters. The average Bonchev–Trinajstić information content (AvgIpc) is 3.13. The van der Waals surface area contributed by atoms with E-state index in [1.807, 2.05) is 31.3 Å². The number of nitrogens with zero attached hydrogens (tertiary/aromatic N) is 2. The number of halogens is 2. The molecule has 146 valence electrons. The lowest BCUT2D eigenvalue weighted by atomic mass is 10.1. The molecule has 1 amide bonds. The van der Waals surface area contributed by atoms with E-state index in [-0.39, 0.29) is 12.5 Å². The van der Waals surface area contributed by atoms with Crippen LogP contribution in [-0.4, -0.2) is 29.6 Å². The number of anilines is 1. The molecule has 0 aliphatic rings. The summed E-state index contributed by atoms with van der Waals surface area (Å²) < 4.78 is 5.33. The van der Waals surface area contributed by atoms with Crippen molar-refractivity contribution in [2.75, 3.05) is 18.9 Å². The van der Waals surface area contributed by atoms with Crippen LogP contribution in [0.3, 0.4) is 0 Å². The lowest BCUT2D eigenvalue weighted by Gasteiger charge is -2.13. The quantitative estimate of drug-likeness (QED) is 0.616. The molecule has 0 saturated heterocycles. The maximum absolute atomic E-state index is 12.3. The second-order valence-corrected chi connectivity index (χ2v) is 7.33. The van der Waals surface area contributed by atoms with Gasteiger partial charge in [-0.05, 0) is 24.1 Å². The van der Waals surface area contributed by atoms with Gasteiger partial charge in [0.2, 0.25) is 5.82 Å². The summed E-state index contributed by atoms with van der Waals surface area (Å²) in [5.74, 6) is 0.802. The highest BCUT2D eigenvalue weighted by Crippen LogP contribution is 2.29. The largest absolute Gasteiger partial charge is 0.333 e. The minimum atomic E-state index is -0.206. The monoisotopic (exact) mass is 419 g/mol. The Hall–Kier alpha value is -2.41. The molecular weight excluding hydrogens is 399 g/mol. The van der Waals surface area contributed by atoms with Crippen molar-refractivity contribution in [3.63, 3.8) is 0 Å². The number of likely N-dealkylation sites (N-methyl/N-ethyl adjacent to an activating group) is 1. The molecular formula is C20H21Cl2N4O2+. The van der Waals surface area contributed by atoms with E-state index in [9.17, 15) is 4.79 Å². The van der Waals surface area contributed by atoms with Gasteiger partial charge in [0.25, 0.3) is 11.8 Å². The van der Waals surface area contributed by atoms with E-state index >= 15 is 0 Å². The van der Waals surface area contributed by atoms with Crippen LogP contribution in [0.1, 0.15) is 18.4 Å². The number of amides is 1. The SMILES string of the molecule is CCc1ccc(-c2noc(C[NH+](C)CC(=O)Nc3c(Cl)cccc3Cl)n2)cc1. The van der Waals surface area contributed by atoms with E-state index in [4.69, 9.17) is 27.7 Å². The number of aryl methyl sites for hydroxylation is 1. The van der Waals surface area contributed by atoms with Crippen molar-refractivity contribution in [2.45, 2.75) is 19.9 Å². The predicted octanol–water partition coefficient (Wildman–Crippen LogP) is 3.26. The van der Waals surface area contributed by atoms with Crippen LogP contribution in [0.4, 0.5) is 5.69 Å². The van der Waals surface area contributed by atoms with Gasteiger partial charge in [-0.15, -0.1) is 0 Å². The van der Waals surface area contributed by atoms with Gasteiger partial charge in [-0.1, -0.05) is 65.6 Å². The molecule has 0 saturated carbocycles. The molecule has 0 radical (unpaired) electrons. The first-order chi connectivity index (χ1) is 13.5. The van der Waals surface area contributed by atoms with Gasteiger partial charge >= 0.3 is 0 Å². The first-order valence-corrected chi connectivity index (χ1v) is 9.69. The van der Waals surface area contributed by atoms with Gasteiger partial charge in [0.15, 0.2) is 13.1 Å². The fraction of sp³-hybridized carbons (Fsp3) is 0.250. The minimum absolute atomic E-state index is 0.199. The standard InChI is InChI=1S/C20H20Cl2N4O2/c1-3-13-7-9-14(10-8-13)20-24-18(28-25-20)12-26(2)11-17(27)23-19-15(21)5-4-6-16(19)22/h4-10H,3,11-12H2,1-2H3,(H,23,27)/p+1. The molecule has 2 N–H and O–H groups in total. The van der Waals surface area contributed by atoms with E-state index in [0.717, 1.165) is 16.9 Å². The van der Waals surface area contributed by atoms with Crippen molar-refractivity contribution in [3.05, 3.63) is 64.0 Å². The summed E-state index contributed by atoms with van der Waals surface area (Å²) in [6, 6.07) is 13.1. The van der Waals surface area contributed by atoms with Crippen LogP contribution >= 0.6 is 23.2 Å². The molecule has 1 atom stereocenters. The highest BCUT2D eigenvalue weighted by atomic mass is 35.5. The number of hydrogen-bond acceptors (Lipinski definition) is 4. The van der Waals surface area contributed by atoms with Gasteiger partial charge in [0, 0.05) is 5.56 Å². The van der Waals surface area contributed by atoms with Crippen molar-refractivity contribution >= 4 is 34.8 Å². The number of nitrogens with one attached hydrogen (secondary N) is 2. The number of quaternary nitrogens is 1. The summed E-state index contributed by atoms with van der Waals surface area (Å²) in [5.41, 5.74) is 2.57. The first kappa shape index (κ1) is 20.3. The molecule has 3 rings (SSSR count). The summed E-state index contributed by atoms with van der Waals surface area (Å²) in [7, 11) is 1.87. The molecule has 6 nitrogen and oxygen atoms in total. The van der Waals surface area contributed by atoms with Crippen LogP contribution in [0.25, 0.3) is 11.4 Å². The summed E-state index contributed by atoms with van der Waals surface area (Å²) in [6.07, 6.45) is 0.980. The molecule has 0 aliphatic heterocycles. The maximum atomic E-state index is 12.3. The van der Waals surface area contributed by atoms with E-state index in [0.29, 0.717) is 34.0 Å². The number of hydrogen-bond donors (Lipinski definition) is 2. The van der Waals surface area contributed by atoms with Crippen molar-refractivity contribution in [1.29, 1.82) is 0 Å². The minimum Gasteiger partial charge on any atom is -0.333 e. The third-order valence-corrected chi connectivity index (χ3v) is 4.86. The van der Waals surface area contributed by atoms with Gasteiger partial charge in [-0.3, -0.25) is 4.79 Å². The van der Waals surface area contributed by atoms with Crippen LogP contribution in [-0.2, 0) is 17.8 Å². The molecule has 0 aliphatic carbocycles. The van der Waals surface area contributed by atoms with Gasteiger partial charge < -0.3 is 14.7 Å². The first-order valence-electron chi connectivity index (χ1n) is 8.93. The van der Waals surface area contributed by atoms with Crippen molar-refractivity contribution in [3.8, 4) is 11.4 Å². The lowest BCUT2D eigenvalue weighted by Crippen LogP contribution is -3.08. The number of carbonyl (C=O) groups excluding carboxylic acids is 1. The zero-order valence-electron chi connectivity index (χ0n) is 15.6. The second-order valence-electron chi connectivity index (χ2n) is 6.52. The number of rotatable bonds is 7. The molecule has 1 heterocycles. The zero-order valence-corrected chi connectivity index (χ0v) is 17.1. The topological polar surface area (TPSA) is 72.5 Å². The summed E-state index contributed by atoms with van der Waals surface area (Å²) >= 11 is 12.2. The molecule has 0 spiro atoms. The van der Waals surface area contributed by atoms with Crippen molar-refractivity contribution in [2.24, 2.45) is 0 Å². The Morgan fingerprint density at radius 1 is 1.14 bits per heavy atom. The summed E-state index contributed by atoms with van der Waals surface area (Å²) in [5, 5.41) is 7.57. The molecule has 0 fully saturated rings. The van der Waals surface area contributed by atoms with Crippen LogP contribution in [0.15, 0.2) is 47.0 Å². The lowest BCUT2D eigenvalue weighted by molar-refractivity contribution is -0.886. The Morgan fingerprint density at radius 2 is 1.82 bits per heavy atom. The molecule has 8 heteroatoms. The molecule has 28 heavy (non-hydrogen) atoms. The van der Waals surface area contributed by atoms with Crippen molar-refractivity contribution in [1.82, 2.24) is 10.1 Å². The molecule has 3 aromatic rings. The smallest absolute Gasteiger partial charge is 0.282 e.